The van der Waals surface area contributed by atoms with Gasteiger partial charge in [0, 0.05) is 12.2 Å². The number of hydrogen-bond donors (Lipinski definition) is 1. The fraction of sp³-hybridized carbons (Fsp3) is 0.190. The molecule has 2 aromatic carbocycles. The maximum absolute atomic E-state index is 13.2. The van der Waals surface area contributed by atoms with Crippen molar-refractivity contribution in [3.63, 3.8) is 0 Å². The Kier molecular flexibility index (Phi) is 5.14. The quantitative estimate of drug-likeness (QED) is 0.473. The molecular formula is C21H20FN5O. The minimum Gasteiger partial charge on any atom is -0.437 e. The van der Waals surface area contributed by atoms with Crippen LogP contribution < -0.4 is 10.1 Å². The van der Waals surface area contributed by atoms with Gasteiger partial charge in [-0.1, -0.05) is 31.5 Å². The van der Waals surface area contributed by atoms with E-state index in [0.29, 0.717) is 28.7 Å². The molecule has 0 aliphatic rings. The summed E-state index contributed by atoms with van der Waals surface area (Å²) >= 11 is 0. The Morgan fingerprint density at radius 3 is 2.57 bits per heavy atom. The molecule has 0 aliphatic heterocycles. The number of aromatic nitrogens is 4. The van der Waals surface area contributed by atoms with Gasteiger partial charge >= 0.3 is 0 Å². The predicted molar refractivity (Wildman–Crippen MR) is 106 cm³/mol. The molecule has 4 rings (SSSR count). The molecule has 7 heteroatoms. The monoisotopic (exact) mass is 377 g/mol. The molecule has 2 heterocycles. The summed E-state index contributed by atoms with van der Waals surface area (Å²) in [5.74, 6) is 1.18. The van der Waals surface area contributed by atoms with Gasteiger partial charge in [0.15, 0.2) is 11.2 Å². The van der Waals surface area contributed by atoms with Gasteiger partial charge in [0.1, 0.15) is 17.9 Å². The van der Waals surface area contributed by atoms with Gasteiger partial charge < -0.3 is 10.1 Å². The van der Waals surface area contributed by atoms with Crippen molar-refractivity contribution in [1.82, 2.24) is 19.5 Å². The summed E-state index contributed by atoms with van der Waals surface area (Å²) in [5.41, 5.74) is 2.19. The Balaban J connectivity index is 1.74. The van der Waals surface area contributed by atoms with Crippen LogP contribution in [0.1, 0.15) is 19.8 Å². The van der Waals surface area contributed by atoms with Crippen LogP contribution in [0.4, 0.5) is 16.0 Å². The number of halogens is 1. The van der Waals surface area contributed by atoms with Crippen molar-refractivity contribution < 1.29 is 9.13 Å². The molecule has 1 N–H and O–H groups in total. The second-order valence-corrected chi connectivity index (χ2v) is 6.34. The highest BCUT2D eigenvalue weighted by Crippen LogP contribution is 2.29. The Hall–Kier alpha value is -3.48. The lowest BCUT2D eigenvalue weighted by Gasteiger charge is -2.09. The number of unbranched alkanes of at least 4 members (excludes halogenated alkanes) is 1. The maximum atomic E-state index is 13.2. The normalized spacial score (nSPS) is 10.9. The van der Waals surface area contributed by atoms with Gasteiger partial charge in [0.25, 0.3) is 5.88 Å². The smallest absolute Gasteiger partial charge is 0.251 e. The number of para-hydroxylation sites is 1. The van der Waals surface area contributed by atoms with Gasteiger partial charge in [-0.2, -0.15) is 4.98 Å². The van der Waals surface area contributed by atoms with Crippen LogP contribution in [-0.4, -0.2) is 19.5 Å². The van der Waals surface area contributed by atoms with Crippen molar-refractivity contribution in [3.8, 4) is 11.6 Å². The first-order valence-electron chi connectivity index (χ1n) is 9.21. The summed E-state index contributed by atoms with van der Waals surface area (Å²) < 4.78 is 21.0. The third-order valence-electron chi connectivity index (χ3n) is 4.29. The fourth-order valence-electron chi connectivity index (χ4n) is 2.88. The van der Waals surface area contributed by atoms with Crippen LogP contribution in [0.3, 0.4) is 0 Å². The average Bonchev–Trinajstić information content (AvgIpc) is 3.07. The summed E-state index contributed by atoms with van der Waals surface area (Å²) in [6, 6.07) is 15.6. The van der Waals surface area contributed by atoms with E-state index in [1.54, 1.807) is 12.1 Å². The second-order valence-electron chi connectivity index (χ2n) is 6.34. The number of rotatable bonds is 7. The van der Waals surface area contributed by atoms with Gasteiger partial charge in [-0.05, 0) is 42.8 Å². The first kappa shape index (κ1) is 17.9. The lowest BCUT2D eigenvalue weighted by atomic mass is 10.3. The molecule has 0 atom stereocenters. The van der Waals surface area contributed by atoms with Crippen molar-refractivity contribution in [1.29, 1.82) is 0 Å². The molecule has 0 saturated heterocycles. The van der Waals surface area contributed by atoms with E-state index in [-0.39, 0.29) is 5.82 Å². The molecule has 0 amide bonds. The van der Waals surface area contributed by atoms with Crippen molar-refractivity contribution >= 4 is 22.8 Å². The Morgan fingerprint density at radius 1 is 1.04 bits per heavy atom. The first-order valence-corrected chi connectivity index (χ1v) is 9.21. The van der Waals surface area contributed by atoms with Crippen molar-refractivity contribution in [2.24, 2.45) is 0 Å². The molecule has 0 aliphatic carbocycles. The zero-order valence-electron chi connectivity index (χ0n) is 15.5. The highest BCUT2D eigenvalue weighted by molar-refractivity contribution is 5.80. The highest BCUT2D eigenvalue weighted by Gasteiger charge is 2.17. The van der Waals surface area contributed by atoms with E-state index < -0.39 is 0 Å². The number of imidazole rings is 1. The number of nitrogens with zero attached hydrogens (tertiary/aromatic N) is 4. The van der Waals surface area contributed by atoms with E-state index >= 15 is 0 Å². The fourth-order valence-corrected chi connectivity index (χ4v) is 2.88. The standard InChI is InChI=1S/C21H20FN5O/c1-2-3-13-27-19-18(26-21(27)25-16-7-5-4-6-8-16)20(24-14-23-19)28-17-11-9-15(22)10-12-17/h4-12,14H,2-3,13H2,1H3,(H,25,26). The largest absolute Gasteiger partial charge is 0.437 e. The summed E-state index contributed by atoms with van der Waals surface area (Å²) in [4.78, 5) is 13.4. The molecule has 28 heavy (non-hydrogen) atoms. The number of nitrogens with one attached hydrogen (secondary N) is 1. The zero-order chi connectivity index (χ0) is 19.3. The zero-order valence-corrected chi connectivity index (χ0v) is 15.5. The minimum atomic E-state index is -0.321. The molecule has 0 unspecified atom stereocenters. The van der Waals surface area contributed by atoms with E-state index in [1.807, 2.05) is 34.9 Å². The molecule has 6 nitrogen and oxygen atoms in total. The first-order chi connectivity index (χ1) is 13.7. The van der Waals surface area contributed by atoms with Crippen LogP contribution in [0.15, 0.2) is 60.9 Å². The van der Waals surface area contributed by atoms with Gasteiger partial charge in [-0.15, -0.1) is 0 Å². The van der Waals surface area contributed by atoms with Crippen LogP contribution >= 0.6 is 0 Å². The lowest BCUT2D eigenvalue weighted by Crippen LogP contribution is -2.04. The van der Waals surface area contributed by atoms with Crippen molar-refractivity contribution in [2.75, 3.05) is 5.32 Å². The van der Waals surface area contributed by atoms with E-state index in [9.17, 15) is 4.39 Å². The van der Waals surface area contributed by atoms with Gasteiger partial charge in [0.2, 0.25) is 5.95 Å². The van der Waals surface area contributed by atoms with Crippen LogP contribution in [0.5, 0.6) is 11.6 Å². The maximum Gasteiger partial charge on any atom is 0.251 e. The Bertz CT molecular complexity index is 1060. The number of hydrogen-bond acceptors (Lipinski definition) is 5. The van der Waals surface area contributed by atoms with Gasteiger partial charge in [-0.25, -0.2) is 14.4 Å². The molecule has 0 fully saturated rings. The molecule has 142 valence electrons. The van der Waals surface area contributed by atoms with Crippen LogP contribution in [-0.2, 0) is 6.54 Å². The van der Waals surface area contributed by atoms with E-state index in [1.165, 1.54) is 18.5 Å². The van der Waals surface area contributed by atoms with Crippen LogP contribution in [0, 0.1) is 5.82 Å². The SMILES string of the molecule is CCCCn1c(Nc2ccccc2)nc2c(Oc3ccc(F)cc3)ncnc21. The third-order valence-corrected chi connectivity index (χ3v) is 4.29. The number of anilines is 2. The number of benzene rings is 2. The molecule has 2 aromatic heterocycles. The number of ether oxygens (including phenoxy) is 1. The highest BCUT2D eigenvalue weighted by atomic mass is 19.1. The summed E-state index contributed by atoms with van der Waals surface area (Å²) in [7, 11) is 0. The minimum absolute atomic E-state index is 0.321. The topological polar surface area (TPSA) is 64.9 Å². The van der Waals surface area contributed by atoms with Gasteiger partial charge in [-0.3, -0.25) is 4.57 Å². The van der Waals surface area contributed by atoms with Crippen LogP contribution in [0.25, 0.3) is 11.2 Å². The molecule has 0 bridgehead atoms. The lowest BCUT2D eigenvalue weighted by molar-refractivity contribution is 0.465. The average molecular weight is 377 g/mol. The van der Waals surface area contributed by atoms with Gasteiger partial charge in [0.05, 0.1) is 0 Å². The predicted octanol–water partition coefficient (Wildman–Crippen LogP) is 5.30. The van der Waals surface area contributed by atoms with Crippen molar-refractivity contribution in [3.05, 3.63) is 66.7 Å². The number of aryl methyl sites for hydroxylation is 1. The number of fused-ring (bicyclic) bond motifs is 1. The summed E-state index contributed by atoms with van der Waals surface area (Å²) in [5, 5.41) is 3.35. The van der Waals surface area contributed by atoms with E-state index in [0.717, 1.165) is 25.1 Å². The molecular weight excluding hydrogens is 357 g/mol. The third kappa shape index (κ3) is 3.78. The van der Waals surface area contributed by atoms with E-state index in [4.69, 9.17) is 9.72 Å². The summed E-state index contributed by atoms with van der Waals surface area (Å²) in [6.45, 7) is 2.91. The summed E-state index contributed by atoms with van der Waals surface area (Å²) in [6.07, 6.45) is 3.50. The van der Waals surface area contributed by atoms with E-state index in [2.05, 4.69) is 22.2 Å². The molecule has 4 aromatic rings. The second kappa shape index (κ2) is 8.04. The molecule has 0 spiro atoms. The Morgan fingerprint density at radius 2 is 1.82 bits per heavy atom. The van der Waals surface area contributed by atoms with Crippen molar-refractivity contribution in [2.45, 2.75) is 26.3 Å². The van der Waals surface area contributed by atoms with Crippen LogP contribution in [0.2, 0.25) is 0 Å². The molecule has 0 saturated carbocycles. The Labute approximate surface area is 162 Å². The molecule has 0 radical (unpaired) electrons.